The molecule has 2 unspecified atom stereocenters. The van der Waals surface area contributed by atoms with Gasteiger partial charge in [-0.3, -0.25) is 0 Å². The van der Waals surface area contributed by atoms with Crippen LogP contribution < -0.4 is 0 Å². The summed E-state index contributed by atoms with van der Waals surface area (Å²) >= 11 is 0. The first-order valence-corrected chi connectivity index (χ1v) is 9.88. The standard InChI is InChI=1S/C7H14P2.C4H11P.CH4/c1-3-9-7-5-4-6-8-2;1-3-5-4-2;/h8-9H,3,6-7H2,1-2H3;5H,3-4H2,1-2H3;1H4. The van der Waals surface area contributed by atoms with Crippen LogP contribution in [0, 0.1) is 11.8 Å². The fourth-order valence-electron chi connectivity index (χ4n) is 0.651. The topological polar surface area (TPSA) is 0 Å². The van der Waals surface area contributed by atoms with E-state index in [2.05, 4.69) is 39.3 Å². The largest absolute Gasteiger partial charge is 0.123 e. The smallest absolute Gasteiger partial charge is 0.0262 e. The molecule has 0 amide bonds. The molecule has 15 heavy (non-hydrogen) atoms. The van der Waals surface area contributed by atoms with Gasteiger partial charge in [0, 0.05) is 12.3 Å². The van der Waals surface area contributed by atoms with Crippen LogP contribution in [0.5, 0.6) is 0 Å². The summed E-state index contributed by atoms with van der Waals surface area (Å²) in [4.78, 5) is 0. The first kappa shape index (κ1) is 21.2. The molecule has 0 spiro atoms. The highest BCUT2D eigenvalue weighted by Gasteiger charge is 1.74. The molecule has 0 bridgehead atoms. The second-order valence-corrected chi connectivity index (χ2v) is 7.16. The third-order valence-corrected chi connectivity index (χ3v) is 3.81. The fraction of sp³-hybridized carbons (Fsp3) is 0.833. The summed E-state index contributed by atoms with van der Waals surface area (Å²) in [5.41, 5.74) is 0. The molecule has 0 saturated carbocycles. The lowest BCUT2D eigenvalue weighted by Crippen LogP contribution is -1.70. The van der Waals surface area contributed by atoms with E-state index in [4.69, 9.17) is 0 Å². The van der Waals surface area contributed by atoms with E-state index in [1.165, 1.54) is 27.1 Å². The molecule has 0 N–H and O–H groups in total. The Morgan fingerprint density at radius 3 is 1.60 bits per heavy atom. The van der Waals surface area contributed by atoms with Crippen molar-refractivity contribution in [3.05, 3.63) is 0 Å². The van der Waals surface area contributed by atoms with Crippen molar-refractivity contribution < 1.29 is 0 Å². The Kier molecular flexibility index (Phi) is 34.1. The van der Waals surface area contributed by atoms with Gasteiger partial charge >= 0.3 is 0 Å². The average Bonchev–Trinajstić information content (AvgIpc) is 2.20. The summed E-state index contributed by atoms with van der Waals surface area (Å²) in [5.74, 6) is 6.30. The highest BCUT2D eigenvalue weighted by molar-refractivity contribution is 7.38. The summed E-state index contributed by atoms with van der Waals surface area (Å²) in [5, 5.41) is 0. The van der Waals surface area contributed by atoms with Crippen LogP contribution in [0.2, 0.25) is 0 Å². The Hall–Kier alpha value is 0.850. The highest BCUT2D eigenvalue weighted by Crippen LogP contribution is 2.05. The van der Waals surface area contributed by atoms with E-state index in [1.54, 1.807) is 0 Å². The lowest BCUT2D eigenvalue weighted by atomic mass is 10.7. The minimum atomic E-state index is 0. The van der Waals surface area contributed by atoms with Crippen molar-refractivity contribution in [1.29, 1.82) is 0 Å². The fourth-order valence-corrected chi connectivity index (χ4v) is 1.95. The molecule has 0 heterocycles. The Labute approximate surface area is 104 Å². The summed E-state index contributed by atoms with van der Waals surface area (Å²) in [6.45, 7) is 8.85. The predicted octanol–water partition coefficient (Wildman–Crippen LogP) is 4.34. The molecule has 0 nitrogen and oxygen atoms in total. The molecular formula is C12H29P3. The van der Waals surface area contributed by atoms with Crippen LogP contribution in [0.3, 0.4) is 0 Å². The van der Waals surface area contributed by atoms with Gasteiger partial charge < -0.3 is 0 Å². The SMILES string of the molecule is C.CCPCC.CCPCC#CCPC. The second kappa shape index (κ2) is 24.2. The zero-order chi connectivity index (χ0) is 11.1. The second-order valence-electron chi connectivity index (χ2n) is 2.62. The molecule has 0 radical (unpaired) electrons. The van der Waals surface area contributed by atoms with Crippen molar-refractivity contribution in [2.75, 3.05) is 37.5 Å². The van der Waals surface area contributed by atoms with Crippen LogP contribution in [-0.2, 0) is 0 Å². The van der Waals surface area contributed by atoms with E-state index >= 15 is 0 Å². The van der Waals surface area contributed by atoms with Crippen molar-refractivity contribution in [2.24, 2.45) is 0 Å². The van der Waals surface area contributed by atoms with Crippen LogP contribution in [0.1, 0.15) is 28.2 Å². The normalized spacial score (nSPS) is 9.33. The van der Waals surface area contributed by atoms with E-state index in [9.17, 15) is 0 Å². The summed E-state index contributed by atoms with van der Waals surface area (Å²) in [6, 6.07) is 0. The van der Waals surface area contributed by atoms with E-state index < -0.39 is 0 Å². The van der Waals surface area contributed by atoms with Crippen molar-refractivity contribution in [3.63, 3.8) is 0 Å². The molecule has 0 rings (SSSR count). The zero-order valence-corrected chi connectivity index (χ0v) is 13.0. The summed E-state index contributed by atoms with van der Waals surface area (Å²) in [6.07, 6.45) is 6.27. The molecule has 92 valence electrons. The molecule has 3 heteroatoms. The van der Waals surface area contributed by atoms with Crippen LogP contribution in [0.4, 0.5) is 0 Å². The maximum atomic E-state index is 3.16. The van der Waals surface area contributed by atoms with E-state index in [0.717, 1.165) is 29.5 Å². The van der Waals surface area contributed by atoms with Crippen molar-refractivity contribution in [2.45, 2.75) is 28.2 Å². The van der Waals surface area contributed by atoms with E-state index in [-0.39, 0.29) is 7.43 Å². The molecular weight excluding hydrogens is 237 g/mol. The first-order valence-electron chi connectivity index (χ1n) is 5.35. The minimum Gasteiger partial charge on any atom is -0.123 e. The quantitative estimate of drug-likeness (QED) is 0.394. The molecule has 0 fully saturated rings. The monoisotopic (exact) mass is 266 g/mol. The van der Waals surface area contributed by atoms with Gasteiger partial charge in [-0.15, -0.1) is 25.7 Å². The Balaban J connectivity index is -0.000000208. The predicted molar refractivity (Wildman–Crippen MR) is 86.7 cm³/mol. The molecule has 0 aromatic rings. The Morgan fingerprint density at radius 1 is 0.800 bits per heavy atom. The van der Waals surface area contributed by atoms with Gasteiger partial charge in [0.05, 0.1) is 0 Å². The maximum Gasteiger partial charge on any atom is 0.0262 e. The maximum absolute atomic E-state index is 3.16. The zero-order valence-electron chi connectivity index (χ0n) is 10.0. The lowest BCUT2D eigenvalue weighted by Gasteiger charge is -1.84. The van der Waals surface area contributed by atoms with Gasteiger partial charge in [0.15, 0.2) is 0 Å². The average molecular weight is 266 g/mol. The van der Waals surface area contributed by atoms with Crippen LogP contribution >= 0.6 is 25.7 Å². The molecule has 0 aromatic carbocycles. The Morgan fingerprint density at radius 2 is 1.27 bits per heavy atom. The molecule has 0 saturated heterocycles. The summed E-state index contributed by atoms with van der Waals surface area (Å²) in [7, 11) is 3.25. The third kappa shape index (κ3) is 31.3. The summed E-state index contributed by atoms with van der Waals surface area (Å²) < 4.78 is 0. The van der Waals surface area contributed by atoms with Gasteiger partial charge in [-0.05, 0) is 25.2 Å². The number of hydrogen-bond donors (Lipinski definition) is 0. The van der Waals surface area contributed by atoms with Gasteiger partial charge in [0.1, 0.15) is 0 Å². The minimum absolute atomic E-state index is 0. The Bertz CT molecular complexity index is 134. The molecule has 0 aromatic heterocycles. The third-order valence-electron chi connectivity index (χ3n) is 1.35. The molecule has 0 aliphatic rings. The number of rotatable bonds is 5. The molecule has 0 aliphatic heterocycles. The van der Waals surface area contributed by atoms with E-state index in [0.29, 0.717) is 0 Å². The van der Waals surface area contributed by atoms with Gasteiger partial charge in [0.25, 0.3) is 0 Å². The van der Waals surface area contributed by atoms with Gasteiger partial charge in [-0.2, -0.15) is 0 Å². The first-order chi connectivity index (χ1) is 6.83. The van der Waals surface area contributed by atoms with Gasteiger partial charge in [-0.25, -0.2) is 0 Å². The van der Waals surface area contributed by atoms with Crippen LogP contribution in [-0.4, -0.2) is 37.5 Å². The van der Waals surface area contributed by atoms with Crippen molar-refractivity contribution in [1.82, 2.24) is 0 Å². The highest BCUT2D eigenvalue weighted by atomic mass is 31.1. The molecule has 2 atom stereocenters. The lowest BCUT2D eigenvalue weighted by molar-refractivity contribution is 1.44. The van der Waals surface area contributed by atoms with Crippen molar-refractivity contribution >= 4 is 25.7 Å². The van der Waals surface area contributed by atoms with Crippen molar-refractivity contribution in [3.8, 4) is 11.8 Å². The number of hydrogen-bond acceptors (Lipinski definition) is 0. The molecule has 0 aliphatic carbocycles. The van der Waals surface area contributed by atoms with Crippen LogP contribution in [0.25, 0.3) is 0 Å². The van der Waals surface area contributed by atoms with E-state index in [1.807, 2.05) is 0 Å². The van der Waals surface area contributed by atoms with Gasteiger partial charge in [0.2, 0.25) is 0 Å². The van der Waals surface area contributed by atoms with Gasteiger partial charge in [-0.1, -0.05) is 40.0 Å². The van der Waals surface area contributed by atoms with Crippen LogP contribution in [0.15, 0.2) is 0 Å².